The van der Waals surface area contributed by atoms with Gasteiger partial charge in [-0.3, -0.25) is 14.9 Å². The van der Waals surface area contributed by atoms with Crippen LogP contribution >= 0.6 is 15.9 Å². The molecule has 2 aromatic rings. The molecule has 148 valence electrons. The Labute approximate surface area is 169 Å². The first-order chi connectivity index (χ1) is 13.2. The Morgan fingerprint density at radius 1 is 1.32 bits per heavy atom. The lowest BCUT2D eigenvalue weighted by molar-refractivity contribution is -0.386. The van der Waals surface area contributed by atoms with Crippen molar-refractivity contribution in [2.75, 3.05) is 13.7 Å². The van der Waals surface area contributed by atoms with Gasteiger partial charge in [-0.25, -0.2) is 5.43 Å². The van der Waals surface area contributed by atoms with E-state index in [1.807, 2.05) is 26.0 Å². The number of hydrogen-bond acceptors (Lipinski definition) is 7. The average Bonchev–Trinajstić information content (AvgIpc) is 2.61. The van der Waals surface area contributed by atoms with Crippen LogP contribution in [0.15, 0.2) is 33.8 Å². The second-order valence-electron chi connectivity index (χ2n) is 5.80. The molecule has 0 saturated heterocycles. The molecule has 0 aliphatic rings. The molecule has 1 amide bonds. The molecule has 10 heteroatoms. The second-order valence-corrected chi connectivity index (χ2v) is 6.71. The highest BCUT2D eigenvalue weighted by atomic mass is 79.9. The maximum absolute atomic E-state index is 11.9. The van der Waals surface area contributed by atoms with Gasteiger partial charge in [0.25, 0.3) is 5.91 Å². The number of methoxy groups -OCH3 is 1. The summed E-state index contributed by atoms with van der Waals surface area (Å²) < 4.78 is 11.4. The lowest BCUT2D eigenvalue weighted by Crippen LogP contribution is -2.25. The topological polar surface area (TPSA) is 123 Å². The van der Waals surface area contributed by atoms with Gasteiger partial charge in [0, 0.05) is 16.1 Å². The molecule has 28 heavy (non-hydrogen) atoms. The summed E-state index contributed by atoms with van der Waals surface area (Å²) in [5.74, 6) is -0.548. The van der Waals surface area contributed by atoms with Crippen LogP contribution in [0.5, 0.6) is 17.2 Å². The Hall–Kier alpha value is -3.14. The Kier molecular flexibility index (Phi) is 6.94. The number of nitro benzene ring substituents is 1. The van der Waals surface area contributed by atoms with E-state index in [0.29, 0.717) is 5.75 Å². The molecule has 0 fully saturated rings. The number of benzene rings is 2. The van der Waals surface area contributed by atoms with Gasteiger partial charge in [-0.1, -0.05) is 15.9 Å². The van der Waals surface area contributed by atoms with E-state index in [2.05, 4.69) is 26.5 Å². The number of carbonyl (C=O) groups is 1. The van der Waals surface area contributed by atoms with E-state index in [1.165, 1.54) is 19.4 Å². The number of carbonyl (C=O) groups excluding carboxylic acids is 1. The number of amides is 1. The third-order valence-corrected chi connectivity index (χ3v) is 4.13. The molecule has 2 rings (SSSR count). The second kappa shape index (κ2) is 9.18. The molecule has 9 nitrogen and oxygen atoms in total. The molecule has 0 aromatic heterocycles. The van der Waals surface area contributed by atoms with Crippen LogP contribution in [0.4, 0.5) is 5.69 Å². The molecule has 0 unspecified atom stereocenters. The minimum Gasteiger partial charge on any atom is -0.500 e. The van der Waals surface area contributed by atoms with E-state index in [9.17, 15) is 20.0 Å². The zero-order valence-corrected chi connectivity index (χ0v) is 16.9. The summed E-state index contributed by atoms with van der Waals surface area (Å²) in [6.07, 6.45) is 1.20. The fourth-order valence-corrected chi connectivity index (χ4v) is 3.14. The number of ether oxygens (including phenoxy) is 2. The maximum Gasteiger partial charge on any atom is 0.315 e. The number of rotatable bonds is 7. The maximum atomic E-state index is 11.9. The first-order valence-electron chi connectivity index (χ1n) is 7.99. The van der Waals surface area contributed by atoms with E-state index in [1.54, 1.807) is 0 Å². The molecule has 0 aliphatic carbocycles. The van der Waals surface area contributed by atoms with Crippen LogP contribution in [0.25, 0.3) is 0 Å². The molecule has 2 aromatic carbocycles. The number of hydrazone groups is 1. The van der Waals surface area contributed by atoms with Crippen molar-refractivity contribution < 1.29 is 24.3 Å². The quantitative estimate of drug-likeness (QED) is 0.378. The molecule has 0 radical (unpaired) electrons. The first kappa shape index (κ1) is 21.2. The third-order valence-electron chi connectivity index (χ3n) is 3.67. The van der Waals surface area contributed by atoms with E-state index in [-0.39, 0.29) is 17.9 Å². The van der Waals surface area contributed by atoms with Gasteiger partial charge in [-0.15, -0.1) is 0 Å². The molecule has 0 aliphatic heterocycles. The zero-order chi connectivity index (χ0) is 20.8. The van der Waals surface area contributed by atoms with Crippen molar-refractivity contribution >= 4 is 33.7 Å². The van der Waals surface area contributed by atoms with Gasteiger partial charge in [0.15, 0.2) is 12.4 Å². The Morgan fingerprint density at radius 3 is 2.54 bits per heavy atom. The number of aromatic hydroxyl groups is 1. The zero-order valence-electron chi connectivity index (χ0n) is 15.4. The van der Waals surface area contributed by atoms with Crippen molar-refractivity contribution in [1.29, 1.82) is 0 Å². The SMILES string of the molecule is COc1cc(/C=N\NC(=O)COc2c(C)cc(Br)cc2C)cc([N+](=O)[O-])c1O. The first-order valence-corrected chi connectivity index (χ1v) is 8.79. The predicted octanol–water partition coefficient (Wildman–Crippen LogP) is 3.22. The molecular weight excluding hydrogens is 434 g/mol. The summed E-state index contributed by atoms with van der Waals surface area (Å²) >= 11 is 3.39. The van der Waals surface area contributed by atoms with Gasteiger partial charge in [0.2, 0.25) is 5.75 Å². The fraction of sp³-hybridized carbons (Fsp3) is 0.222. The Balaban J connectivity index is 2.02. The number of nitrogens with one attached hydrogen (secondary N) is 1. The van der Waals surface area contributed by atoms with Crippen LogP contribution in [0.3, 0.4) is 0 Å². The average molecular weight is 452 g/mol. The van der Waals surface area contributed by atoms with Gasteiger partial charge in [-0.05, 0) is 43.2 Å². The van der Waals surface area contributed by atoms with Gasteiger partial charge in [0.1, 0.15) is 5.75 Å². The summed E-state index contributed by atoms with van der Waals surface area (Å²) in [4.78, 5) is 22.1. The molecule has 0 heterocycles. The molecule has 0 bridgehead atoms. The Bertz CT molecular complexity index is 922. The van der Waals surface area contributed by atoms with E-state index < -0.39 is 22.3 Å². The molecule has 0 atom stereocenters. The van der Waals surface area contributed by atoms with Crippen LogP contribution in [0.2, 0.25) is 0 Å². The predicted molar refractivity (Wildman–Crippen MR) is 106 cm³/mol. The van der Waals surface area contributed by atoms with Gasteiger partial charge < -0.3 is 14.6 Å². The minimum absolute atomic E-state index is 0.0773. The van der Waals surface area contributed by atoms with E-state index in [0.717, 1.165) is 21.7 Å². The monoisotopic (exact) mass is 451 g/mol. The summed E-state index contributed by atoms with van der Waals surface area (Å²) in [6.45, 7) is 3.49. The van der Waals surface area contributed by atoms with Crippen LogP contribution in [-0.4, -0.2) is 35.9 Å². The molecule has 0 spiro atoms. The highest BCUT2D eigenvalue weighted by Gasteiger charge is 2.19. The van der Waals surface area contributed by atoms with Crippen molar-refractivity contribution in [2.24, 2.45) is 5.10 Å². The number of halogens is 1. The molecule has 2 N–H and O–H groups in total. The largest absolute Gasteiger partial charge is 0.500 e. The minimum atomic E-state index is -0.746. The number of phenolic OH excluding ortho intramolecular Hbond substituents is 1. The Morgan fingerprint density at radius 2 is 1.96 bits per heavy atom. The van der Waals surface area contributed by atoms with Crippen molar-refractivity contribution in [3.8, 4) is 17.2 Å². The summed E-state index contributed by atoms with van der Waals surface area (Å²) in [5.41, 5.74) is 3.77. The smallest absolute Gasteiger partial charge is 0.315 e. The number of nitrogens with zero attached hydrogens (tertiary/aromatic N) is 2. The molecule has 0 saturated carbocycles. The van der Waals surface area contributed by atoms with Crippen LogP contribution in [0.1, 0.15) is 16.7 Å². The number of nitro groups is 1. The van der Waals surface area contributed by atoms with Gasteiger partial charge in [-0.2, -0.15) is 5.10 Å². The van der Waals surface area contributed by atoms with Crippen LogP contribution in [0, 0.1) is 24.0 Å². The van der Waals surface area contributed by atoms with E-state index in [4.69, 9.17) is 9.47 Å². The highest BCUT2D eigenvalue weighted by Crippen LogP contribution is 2.36. The highest BCUT2D eigenvalue weighted by molar-refractivity contribution is 9.10. The summed E-state index contributed by atoms with van der Waals surface area (Å²) in [6, 6.07) is 6.22. The van der Waals surface area contributed by atoms with Crippen molar-refractivity contribution in [3.05, 3.63) is 55.5 Å². The number of aryl methyl sites for hydroxylation is 2. The third kappa shape index (κ3) is 5.19. The van der Waals surface area contributed by atoms with Crippen molar-refractivity contribution in [1.82, 2.24) is 5.43 Å². The van der Waals surface area contributed by atoms with Gasteiger partial charge in [0.05, 0.1) is 18.2 Å². The van der Waals surface area contributed by atoms with Crippen LogP contribution in [-0.2, 0) is 4.79 Å². The van der Waals surface area contributed by atoms with E-state index >= 15 is 0 Å². The molecular formula is C18H18BrN3O6. The standard InChI is InChI=1S/C18H18BrN3O6/c1-10-4-13(19)5-11(2)18(10)28-9-16(23)21-20-8-12-6-14(22(25)26)17(24)15(7-12)27-3/h4-8,24H,9H2,1-3H3,(H,21,23)/b20-8-. The summed E-state index contributed by atoms with van der Waals surface area (Å²) in [5, 5.41) is 24.5. The lowest BCUT2D eigenvalue weighted by Gasteiger charge is -2.11. The fourth-order valence-electron chi connectivity index (χ4n) is 2.46. The van der Waals surface area contributed by atoms with Crippen molar-refractivity contribution in [2.45, 2.75) is 13.8 Å². The van der Waals surface area contributed by atoms with Crippen LogP contribution < -0.4 is 14.9 Å². The summed E-state index contributed by atoms with van der Waals surface area (Å²) in [7, 11) is 1.27. The lowest BCUT2D eigenvalue weighted by atomic mass is 10.1. The number of phenols is 1. The normalized spacial score (nSPS) is 10.7. The van der Waals surface area contributed by atoms with Crippen molar-refractivity contribution in [3.63, 3.8) is 0 Å². The van der Waals surface area contributed by atoms with Gasteiger partial charge >= 0.3 is 5.69 Å². The number of hydrogen-bond donors (Lipinski definition) is 2.